The van der Waals surface area contributed by atoms with E-state index in [4.69, 9.17) is 0 Å². The molecule has 2 aliphatic rings. The maximum Gasteiger partial charge on any atom is 0.273 e. The number of carbonyl (C=O) groups excluding carboxylic acids is 1. The first kappa shape index (κ1) is 17.2. The Kier molecular flexibility index (Phi) is 4.52. The summed E-state index contributed by atoms with van der Waals surface area (Å²) in [4.78, 5) is 36.2. The number of aryl methyl sites for hydroxylation is 2. The second-order valence-corrected chi connectivity index (χ2v) is 7.96. The van der Waals surface area contributed by atoms with E-state index in [1.807, 2.05) is 18.9 Å². The third-order valence-electron chi connectivity index (χ3n) is 5.25. The Morgan fingerprint density at radius 3 is 2.92 bits per heavy atom. The van der Waals surface area contributed by atoms with Crippen LogP contribution < -0.4 is 10.9 Å². The van der Waals surface area contributed by atoms with E-state index >= 15 is 0 Å². The van der Waals surface area contributed by atoms with Crippen LogP contribution in [-0.2, 0) is 13.0 Å². The van der Waals surface area contributed by atoms with Crippen molar-refractivity contribution >= 4 is 22.4 Å². The van der Waals surface area contributed by atoms with Crippen molar-refractivity contribution < 1.29 is 4.79 Å². The summed E-state index contributed by atoms with van der Waals surface area (Å²) in [6.45, 7) is 4.20. The summed E-state index contributed by atoms with van der Waals surface area (Å²) in [6, 6.07) is 1.67. The van der Waals surface area contributed by atoms with Crippen molar-refractivity contribution in [1.29, 1.82) is 0 Å². The van der Waals surface area contributed by atoms with Crippen molar-refractivity contribution in [2.75, 3.05) is 25.5 Å². The minimum atomic E-state index is -0.159. The second-order valence-electron chi connectivity index (χ2n) is 6.96. The first-order valence-corrected chi connectivity index (χ1v) is 9.93. The van der Waals surface area contributed by atoms with E-state index in [0.717, 1.165) is 61.1 Å². The Balaban J connectivity index is 1.59. The molecule has 2 aliphatic heterocycles. The van der Waals surface area contributed by atoms with E-state index in [2.05, 4.69) is 19.9 Å². The maximum absolute atomic E-state index is 13.0. The summed E-state index contributed by atoms with van der Waals surface area (Å²) < 4.78 is 2.19. The van der Waals surface area contributed by atoms with Gasteiger partial charge >= 0.3 is 0 Å². The molecule has 2 aromatic rings. The Hall–Kier alpha value is -2.22. The lowest BCUT2D eigenvalue weighted by Crippen LogP contribution is -2.40. The normalized spacial score (nSPS) is 19.5. The van der Waals surface area contributed by atoms with E-state index in [1.54, 1.807) is 6.07 Å². The Bertz CT molecular complexity index is 903. The highest BCUT2D eigenvalue weighted by atomic mass is 32.1. The van der Waals surface area contributed by atoms with Crippen LogP contribution in [0.4, 0.5) is 5.13 Å². The number of nitrogens with one attached hydrogen (secondary N) is 1. The quantitative estimate of drug-likeness (QED) is 0.890. The average Bonchev–Trinajstić information content (AvgIpc) is 3.26. The Morgan fingerprint density at radius 2 is 2.15 bits per heavy atom. The van der Waals surface area contributed by atoms with Crippen molar-refractivity contribution in [2.24, 2.45) is 0 Å². The van der Waals surface area contributed by atoms with Crippen LogP contribution in [0.15, 0.2) is 10.9 Å². The molecule has 1 amide bonds. The number of hydrogen-bond donors (Lipinski definition) is 1. The number of rotatable bonds is 3. The number of amides is 1. The molecule has 4 heterocycles. The molecule has 1 N–H and O–H groups in total. The second kappa shape index (κ2) is 6.83. The van der Waals surface area contributed by atoms with Gasteiger partial charge in [-0.3, -0.25) is 9.59 Å². The van der Waals surface area contributed by atoms with Gasteiger partial charge in [-0.25, -0.2) is 4.98 Å². The van der Waals surface area contributed by atoms with Crippen LogP contribution in [0, 0.1) is 6.92 Å². The first-order valence-electron chi connectivity index (χ1n) is 9.12. The monoisotopic (exact) mass is 373 g/mol. The zero-order valence-electron chi connectivity index (χ0n) is 15.1. The van der Waals surface area contributed by atoms with Gasteiger partial charge in [0.2, 0.25) is 0 Å². The number of thiazole rings is 1. The van der Waals surface area contributed by atoms with Crippen molar-refractivity contribution in [1.82, 2.24) is 19.4 Å². The number of hydrogen-bond acceptors (Lipinski definition) is 6. The minimum Gasteiger partial charge on any atom is -0.365 e. The van der Waals surface area contributed by atoms with Gasteiger partial charge in [0.25, 0.3) is 11.5 Å². The number of carbonyl (C=O) groups is 1. The van der Waals surface area contributed by atoms with Crippen LogP contribution in [0.25, 0.3) is 0 Å². The lowest BCUT2D eigenvalue weighted by atomic mass is 9.94. The molecule has 1 atom stereocenters. The van der Waals surface area contributed by atoms with E-state index in [0.29, 0.717) is 11.4 Å². The lowest BCUT2D eigenvalue weighted by molar-refractivity contribution is 0.0708. The molecule has 1 fully saturated rings. The molecule has 2 aromatic heterocycles. The van der Waals surface area contributed by atoms with Gasteiger partial charge in [-0.1, -0.05) is 11.3 Å². The third-order valence-corrected chi connectivity index (χ3v) is 6.41. The van der Waals surface area contributed by atoms with Gasteiger partial charge in [-0.15, -0.1) is 0 Å². The number of aromatic nitrogens is 3. The van der Waals surface area contributed by atoms with Crippen LogP contribution >= 0.6 is 11.3 Å². The molecule has 0 spiro atoms. The predicted octanol–water partition coefficient (Wildman–Crippen LogP) is 2.02. The molecule has 8 heteroatoms. The maximum atomic E-state index is 13.0. The van der Waals surface area contributed by atoms with Gasteiger partial charge in [0, 0.05) is 50.8 Å². The Labute approximate surface area is 156 Å². The first-order chi connectivity index (χ1) is 12.6. The molecule has 26 heavy (non-hydrogen) atoms. The Morgan fingerprint density at radius 1 is 1.31 bits per heavy atom. The van der Waals surface area contributed by atoms with E-state index in [1.165, 1.54) is 11.3 Å². The fraction of sp³-hybridized carbons (Fsp3) is 0.556. The molecule has 0 aromatic carbocycles. The standard InChI is InChI=1S/C18H23N5O2S/c1-11-16(26-18(19-2)20-11)17(25)22-7-3-5-12(10-22)13-9-15(24)21-14-6-4-8-23(13)14/h9,12H,3-8,10H2,1-2H3,(H,19,20)/t12-/m0/s1. The van der Waals surface area contributed by atoms with Gasteiger partial charge in [0.05, 0.1) is 5.69 Å². The highest BCUT2D eigenvalue weighted by Crippen LogP contribution is 2.31. The van der Waals surface area contributed by atoms with Crippen molar-refractivity contribution in [3.63, 3.8) is 0 Å². The summed E-state index contributed by atoms with van der Waals surface area (Å²) in [5, 5.41) is 3.77. The van der Waals surface area contributed by atoms with Crippen LogP contribution in [0.3, 0.4) is 0 Å². The van der Waals surface area contributed by atoms with Crippen molar-refractivity contribution in [3.05, 3.63) is 38.5 Å². The van der Waals surface area contributed by atoms with E-state index in [9.17, 15) is 9.59 Å². The number of nitrogens with zero attached hydrogens (tertiary/aromatic N) is 4. The third kappa shape index (κ3) is 3.02. The summed E-state index contributed by atoms with van der Waals surface area (Å²) >= 11 is 1.40. The molecule has 0 saturated carbocycles. The molecule has 4 rings (SSSR count). The van der Waals surface area contributed by atoms with Gasteiger partial charge in [-0.05, 0) is 26.2 Å². The fourth-order valence-electron chi connectivity index (χ4n) is 4.00. The number of anilines is 1. The van der Waals surface area contributed by atoms with Gasteiger partial charge in [0.15, 0.2) is 5.13 Å². The molecule has 0 aliphatic carbocycles. The zero-order valence-corrected chi connectivity index (χ0v) is 15.9. The van der Waals surface area contributed by atoms with Crippen molar-refractivity contribution in [3.8, 4) is 0 Å². The van der Waals surface area contributed by atoms with Crippen LogP contribution in [0.2, 0.25) is 0 Å². The number of likely N-dealkylation sites (tertiary alicyclic amines) is 1. The molecule has 0 radical (unpaired) electrons. The van der Waals surface area contributed by atoms with Gasteiger partial charge < -0.3 is 14.8 Å². The van der Waals surface area contributed by atoms with Gasteiger partial charge in [-0.2, -0.15) is 4.98 Å². The largest absolute Gasteiger partial charge is 0.365 e. The summed E-state index contributed by atoms with van der Waals surface area (Å²) in [7, 11) is 1.81. The molecular weight excluding hydrogens is 350 g/mol. The van der Waals surface area contributed by atoms with Crippen LogP contribution in [-0.4, -0.2) is 45.5 Å². The number of fused-ring (bicyclic) bond motifs is 1. The molecule has 138 valence electrons. The molecular formula is C18H23N5O2S. The van der Waals surface area contributed by atoms with Crippen LogP contribution in [0.5, 0.6) is 0 Å². The smallest absolute Gasteiger partial charge is 0.273 e. The average molecular weight is 373 g/mol. The molecule has 0 bridgehead atoms. The summed E-state index contributed by atoms with van der Waals surface area (Å²) in [5.41, 5.74) is 1.66. The zero-order chi connectivity index (χ0) is 18.3. The topological polar surface area (TPSA) is 80.1 Å². The van der Waals surface area contributed by atoms with E-state index in [-0.39, 0.29) is 17.4 Å². The summed E-state index contributed by atoms with van der Waals surface area (Å²) in [5.74, 6) is 1.13. The molecule has 1 saturated heterocycles. The molecule has 0 unspecified atom stereocenters. The highest BCUT2D eigenvalue weighted by Gasteiger charge is 2.30. The fourth-order valence-corrected chi connectivity index (χ4v) is 4.89. The predicted molar refractivity (Wildman–Crippen MR) is 101 cm³/mol. The van der Waals surface area contributed by atoms with Gasteiger partial charge in [0.1, 0.15) is 10.7 Å². The highest BCUT2D eigenvalue weighted by molar-refractivity contribution is 7.17. The SMILES string of the molecule is CNc1nc(C)c(C(=O)N2CCC[C@H](c3cc(=O)nc4n3CCC4)C2)s1. The van der Waals surface area contributed by atoms with E-state index < -0.39 is 0 Å². The molecule has 7 nitrogen and oxygen atoms in total. The van der Waals surface area contributed by atoms with Crippen molar-refractivity contribution in [2.45, 2.75) is 45.1 Å². The van der Waals surface area contributed by atoms with Crippen LogP contribution in [0.1, 0.15) is 52.1 Å². The minimum absolute atomic E-state index is 0.0456. The summed E-state index contributed by atoms with van der Waals surface area (Å²) in [6.07, 6.45) is 3.84. The number of piperidine rings is 1. The lowest BCUT2D eigenvalue weighted by Gasteiger charge is -2.33.